The fourth-order valence-corrected chi connectivity index (χ4v) is 1.43. The van der Waals surface area contributed by atoms with Gasteiger partial charge in [-0.2, -0.15) is 6.42 Å². The summed E-state index contributed by atoms with van der Waals surface area (Å²) in [5, 5.41) is 0. The molecule has 0 spiro atoms. The summed E-state index contributed by atoms with van der Waals surface area (Å²) in [5.41, 5.74) is 1.08. The van der Waals surface area contributed by atoms with Crippen LogP contribution in [-0.4, -0.2) is 16.6 Å². The van der Waals surface area contributed by atoms with E-state index in [4.69, 9.17) is 4.74 Å². The number of halogens is 1. The Morgan fingerprint density at radius 3 is 2.67 bits per heavy atom. The van der Waals surface area contributed by atoms with Crippen LogP contribution in [0.5, 0.6) is 0 Å². The van der Waals surface area contributed by atoms with Gasteiger partial charge < -0.3 is 11.2 Å². The Balaban J connectivity index is 0.000000531. The van der Waals surface area contributed by atoms with Gasteiger partial charge in [0.25, 0.3) is 0 Å². The third-order valence-corrected chi connectivity index (χ3v) is 2.19. The third kappa shape index (κ3) is 4.25. The van der Waals surface area contributed by atoms with Gasteiger partial charge in [-0.3, -0.25) is 0 Å². The molecule has 0 aromatic carbocycles. The van der Waals surface area contributed by atoms with E-state index in [0.717, 1.165) is 30.8 Å². The topological polar surface area (TPSA) is 35.0 Å². The molecule has 15 heavy (non-hydrogen) atoms. The van der Waals surface area contributed by atoms with E-state index in [1.54, 1.807) is 0 Å². The van der Waals surface area contributed by atoms with Crippen molar-refractivity contribution in [3.05, 3.63) is 30.2 Å². The van der Waals surface area contributed by atoms with Gasteiger partial charge in [0.1, 0.15) is 5.82 Å². The molecule has 3 nitrogen and oxygen atoms in total. The van der Waals surface area contributed by atoms with E-state index in [-0.39, 0.29) is 6.10 Å². The van der Waals surface area contributed by atoms with Gasteiger partial charge in [0.15, 0.2) is 0 Å². The van der Waals surface area contributed by atoms with E-state index >= 15 is 0 Å². The van der Waals surface area contributed by atoms with E-state index in [2.05, 4.69) is 30.0 Å². The molecular weight excluding hydrogens is 309 g/mol. The minimum absolute atomic E-state index is 0.175. The number of hydrogen-bond acceptors (Lipinski definition) is 3. The molecule has 2 rings (SSSR count). The van der Waals surface area contributed by atoms with Crippen molar-refractivity contribution in [2.75, 3.05) is 6.61 Å². The van der Waals surface area contributed by atoms with Crippen LogP contribution in [0.25, 0.3) is 0 Å². The summed E-state index contributed by atoms with van der Waals surface area (Å²) in [7, 11) is 0. The summed E-state index contributed by atoms with van der Waals surface area (Å²) < 4.78 is 5.59. The molecule has 1 saturated heterocycles. The third-order valence-electron chi connectivity index (χ3n) is 2.19. The van der Waals surface area contributed by atoms with Crippen LogP contribution in [0.3, 0.4) is 0 Å². The average Bonchev–Trinajstić information content (AvgIpc) is 2.34. The zero-order valence-corrected chi connectivity index (χ0v) is 13.4. The van der Waals surface area contributed by atoms with E-state index in [9.17, 15) is 0 Å². The summed E-state index contributed by atoms with van der Waals surface area (Å²) in [6.45, 7) is 2.70. The molecule has 1 atom stereocenters. The molecule has 78 valence electrons. The van der Waals surface area contributed by atoms with E-state index in [0.29, 0.717) is 0 Å². The number of aromatic nitrogens is 2. The van der Waals surface area contributed by atoms with Crippen molar-refractivity contribution in [2.24, 2.45) is 0 Å². The van der Waals surface area contributed by atoms with Crippen LogP contribution in [-0.2, 0) is 21.1 Å². The number of nitrogens with zero attached hydrogens (tertiary/aromatic N) is 2. The van der Waals surface area contributed by atoms with Crippen molar-refractivity contribution in [3.8, 4) is 0 Å². The summed E-state index contributed by atoms with van der Waals surface area (Å²) in [5.74, 6) is 0.809. The Kier molecular flexibility index (Phi) is 6.54. The predicted molar refractivity (Wildman–Crippen MR) is 57.9 cm³/mol. The van der Waals surface area contributed by atoms with E-state index < -0.39 is 0 Å². The Morgan fingerprint density at radius 1 is 1.47 bits per heavy atom. The van der Waals surface area contributed by atoms with Gasteiger partial charge in [0.05, 0.1) is 6.10 Å². The van der Waals surface area contributed by atoms with Gasteiger partial charge in [-0.1, -0.05) is 0 Å². The van der Waals surface area contributed by atoms with Gasteiger partial charge in [0, 0.05) is 24.6 Å². The van der Waals surface area contributed by atoms with Gasteiger partial charge in [0.2, 0.25) is 0 Å². The second-order valence-electron chi connectivity index (χ2n) is 3.24. The number of ether oxygens (including phenoxy) is 1. The summed E-state index contributed by atoms with van der Waals surface area (Å²) in [6.07, 6.45) is 8.18. The molecule has 0 bridgehead atoms. The molecule has 0 N–H and O–H groups in total. The Bertz CT molecular complexity index is 275. The first-order valence-electron chi connectivity index (χ1n) is 4.85. The van der Waals surface area contributed by atoms with Crippen molar-refractivity contribution < 1.29 is 21.1 Å². The quantitative estimate of drug-likeness (QED) is 0.589. The van der Waals surface area contributed by atoms with Crippen LogP contribution in [0.4, 0.5) is 0 Å². The average molecular weight is 323 g/mol. The van der Waals surface area contributed by atoms with Crippen LogP contribution in [0.15, 0.2) is 12.4 Å². The molecular formula is C10H13BrN2OZn. The zero-order valence-electron chi connectivity index (χ0n) is 8.82. The first-order valence-corrected chi connectivity index (χ1v) is 11.8. The van der Waals surface area contributed by atoms with Crippen LogP contribution < -0.4 is 0 Å². The zero-order chi connectivity index (χ0) is 11.1. The number of rotatable bonds is 1. The minimum atomic E-state index is 0.175. The number of aryl methyl sites for hydroxylation is 1. The Hall–Kier alpha value is 0.143. The molecule has 0 amide bonds. The Morgan fingerprint density at radius 2 is 2.13 bits per heavy atom. The van der Waals surface area contributed by atoms with Gasteiger partial charge in [-0.25, -0.2) is 9.97 Å². The van der Waals surface area contributed by atoms with Crippen molar-refractivity contribution >= 4 is 13.6 Å². The second-order valence-corrected chi connectivity index (χ2v) is 3.24. The van der Waals surface area contributed by atoms with Gasteiger partial charge in [-0.05, 0) is 6.92 Å². The maximum absolute atomic E-state index is 5.59. The first kappa shape index (κ1) is 13.2. The van der Waals surface area contributed by atoms with Crippen molar-refractivity contribution in [3.63, 3.8) is 0 Å². The molecule has 1 aromatic rings. The normalized spacial score (nSPS) is 20.4. The molecule has 0 saturated carbocycles. The summed E-state index contributed by atoms with van der Waals surface area (Å²) in [6, 6.07) is 0. The molecule has 0 aliphatic carbocycles. The summed E-state index contributed by atoms with van der Waals surface area (Å²) in [4.78, 5) is 8.30. The van der Waals surface area contributed by atoms with Crippen LogP contribution in [0, 0.1) is 13.3 Å². The van der Waals surface area contributed by atoms with Crippen LogP contribution in [0.2, 0.25) is 0 Å². The monoisotopic (exact) mass is 320 g/mol. The molecule has 0 radical (unpaired) electrons. The first-order chi connectivity index (χ1) is 7.36. The SMILES string of the molecule is Cc1ncc(C2C[CH-]CCO2)cn1.[Zn+][Br]. The van der Waals surface area contributed by atoms with Crippen LogP contribution >= 0.6 is 13.6 Å². The molecule has 5 heteroatoms. The van der Waals surface area contributed by atoms with E-state index in [1.165, 1.54) is 16.3 Å². The van der Waals surface area contributed by atoms with Gasteiger partial charge in [-0.15, -0.1) is 6.42 Å². The molecule has 1 fully saturated rings. The fraction of sp³-hybridized carbons (Fsp3) is 0.500. The molecule has 1 unspecified atom stereocenters. The maximum atomic E-state index is 5.59. The predicted octanol–water partition coefficient (Wildman–Crippen LogP) is 2.68. The van der Waals surface area contributed by atoms with Crippen LogP contribution in [0.1, 0.15) is 30.3 Å². The van der Waals surface area contributed by atoms with Crippen molar-refractivity contribution in [1.29, 1.82) is 0 Å². The molecule has 1 aromatic heterocycles. The second kappa shape index (κ2) is 7.42. The molecule has 1 aliphatic rings. The van der Waals surface area contributed by atoms with Crippen molar-refractivity contribution in [1.82, 2.24) is 9.97 Å². The fourth-order valence-electron chi connectivity index (χ4n) is 1.43. The van der Waals surface area contributed by atoms with Crippen molar-refractivity contribution in [2.45, 2.75) is 25.9 Å². The van der Waals surface area contributed by atoms with Gasteiger partial charge >= 0.3 is 30.0 Å². The number of hydrogen-bond donors (Lipinski definition) is 0. The Labute approximate surface area is 107 Å². The van der Waals surface area contributed by atoms with E-state index in [1.807, 2.05) is 19.3 Å². The molecule has 2 heterocycles. The summed E-state index contributed by atoms with van der Waals surface area (Å²) >= 11 is 4.25. The standard InChI is InChI=1S/C10H13N2O.BrH.Zn/c1-8-11-6-9(7-12-8)10-4-2-3-5-13-10;;/h2,6-7,10H,3-5H2,1H3;1H;/q-1;;+2/p-1. The molecule has 1 aliphatic heterocycles.